The van der Waals surface area contributed by atoms with Gasteiger partial charge in [0, 0.05) is 25.0 Å². The Morgan fingerprint density at radius 1 is 1.39 bits per heavy atom. The van der Waals surface area contributed by atoms with E-state index >= 15 is 0 Å². The largest absolute Gasteiger partial charge is 0.463 e. The summed E-state index contributed by atoms with van der Waals surface area (Å²) in [5, 5.41) is 0. The highest BCUT2D eigenvalue weighted by atomic mass is 16.5. The number of hydrogen-bond donors (Lipinski definition) is 0. The van der Waals surface area contributed by atoms with Crippen LogP contribution in [0.5, 0.6) is 0 Å². The summed E-state index contributed by atoms with van der Waals surface area (Å²) in [6, 6.07) is 1.73. The lowest BCUT2D eigenvalue weighted by Crippen LogP contribution is -2.10. The van der Waals surface area contributed by atoms with Crippen molar-refractivity contribution in [2.75, 3.05) is 7.11 Å². The van der Waals surface area contributed by atoms with E-state index in [0.29, 0.717) is 5.82 Å². The molecule has 6 nitrogen and oxygen atoms in total. The van der Waals surface area contributed by atoms with Gasteiger partial charge in [0.15, 0.2) is 0 Å². The highest BCUT2D eigenvalue weighted by molar-refractivity contribution is 5.85. The van der Waals surface area contributed by atoms with Gasteiger partial charge in [-0.25, -0.2) is 19.7 Å². The second-order valence-corrected chi connectivity index (χ2v) is 3.69. The van der Waals surface area contributed by atoms with Crippen LogP contribution in [0.4, 0.5) is 0 Å². The van der Waals surface area contributed by atoms with Crippen molar-refractivity contribution >= 4 is 5.97 Å². The molecule has 2 aromatic heterocycles. The van der Waals surface area contributed by atoms with Gasteiger partial charge in [0.1, 0.15) is 11.6 Å². The molecule has 0 aromatic carbocycles. The molecule has 6 heteroatoms. The first-order valence-corrected chi connectivity index (χ1v) is 5.70. The van der Waals surface area contributed by atoms with Gasteiger partial charge in [-0.2, -0.15) is 0 Å². The van der Waals surface area contributed by atoms with Gasteiger partial charge >= 0.3 is 5.97 Å². The molecule has 0 aliphatic carbocycles. The third-order valence-electron chi connectivity index (χ3n) is 2.45. The van der Waals surface area contributed by atoms with Gasteiger partial charge < -0.3 is 4.74 Å². The van der Waals surface area contributed by atoms with Gasteiger partial charge in [-0.1, -0.05) is 6.92 Å². The lowest BCUT2D eigenvalue weighted by molar-refractivity contribution is 0.0586. The molecule has 18 heavy (non-hydrogen) atoms. The molecule has 0 atom stereocenters. The van der Waals surface area contributed by atoms with Crippen LogP contribution in [0.15, 0.2) is 24.7 Å². The number of carbonyl (C=O) groups is 1. The average molecular weight is 246 g/mol. The van der Waals surface area contributed by atoms with E-state index in [1.807, 2.05) is 10.8 Å². The average Bonchev–Trinajstić information content (AvgIpc) is 2.87. The summed E-state index contributed by atoms with van der Waals surface area (Å²) in [4.78, 5) is 23.7. The van der Waals surface area contributed by atoms with Crippen LogP contribution in [0.2, 0.25) is 0 Å². The number of methoxy groups -OCH3 is 1. The van der Waals surface area contributed by atoms with E-state index in [1.54, 1.807) is 12.3 Å². The quantitative estimate of drug-likeness (QED) is 0.763. The van der Waals surface area contributed by atoms with Crippen LogP contribution in [-0.2, 0) is 11.2 Å². The molecule has 0 aliphatic heterocycles. The summed E-state index contributed by atoms with van der Waals surface area (Å²) >= 11 is 0. The van der Waals surface area contributed by atoms with Crippen molar-refractivity contribution in [2.45, 2.75) is 19.8 Å². The number of hydrogen-bond acceptors (Lipinski definition) is 5. The zero-order valence-electron chi connectivity index (χ0n) is 10.3. The maximum absolute atomic E-state index is 11.4. The number of imidazole rings is 1. The molecular formula is C12H14N4O2. The molecule has 0 spiro atoms. The van der Waals surface area contributed by atoms with E-state index in [1.165, 1.54) is 13.3 Å². The van der Waals surface area contributed by atoms with Crippen molar-refractivity contribution in [1.29, 1.82) is 0 Å². The first-order valence-electron chi connectivity index (χ1n) is 5.70. The van der Waals surface area contributed by atoms with E-state index in [9.17, 15) is 4.79 Å². The fourth-order valence-electron chi connectivity index (χ4n) is 1.62. The van der Waals surface area contributed by atoms with E-state index in [0.717, 1.165) is 18.7 Å². The third-order valence-corrected chi connectivity index (χ3v) is 2.45. The molecule has 0 bridgehead atoms. The van der Waals surface area contributed by atoms with E-state index in [4.69, 9.17) is 0 Å². The van der Waals surface area contributed by atoms with Crippen molar-refractivity contribution in [3.63, 3.8) is 0 Å². The van der Waals surface area contributed by atoms with Crippen LogP contribution in [-0.4, -0.2) is 32.6 Å². The van der Waals surface area contributed by atoms with Crippen LogP contribution in [0.3, 0.4) is 0 Å². The van der Waals surface area contributed by atoms with Crippen LogP contribution >= 0.6 is 0 Å². The number of nitrogens with zero attached hydrogens (tertiary/aromatic N) is 4. The molecule has 2 heterocycles. The number of ether oxygens (including phenoxy) is 1. The number of carbonyl (C=O) groups excluding carboxylic acids is 1. The van der Waals surface area contributed by atoms with Gasteiger partial charge in [0.25, 0.3) is 0 Å². The Morgan fingerprint density at radius 2 is 2.22 bits per heavy atom. The van der Waals surface area contributed by atoms with Crippen molar-refractivity contribution in [3.8, 4) is 5.82 Å². The highest BCUT2D eigenvalue weighted by Crippen LogP contribution is 2.09. The molecular weight excluding hydrogens is 232 g/mol. The summed E-state index contributed by atoms with van der Waals surface area (Å²) in [7, 11) is 1.30. The minimum Gasteiger partial charge on any atom is -0.463 e. The fourth-order valence-corrected chi connectivity index (χ4v) is 1.62. The summed E-state index contributed by atoms with van der Waals surface area (Å²) in [6.07, 6.45) is 6.90. The SMILES string of the molecule is CCCc1nccn1-c1ccnc(C(=O)OC)n1. The molecule has 0 aliphatic rings. The van der Waals surface area contributed by atoms with Gasteiger partial charge in [0.2, 0.25) is 5.82 Å². The van der Waals surface area contributed by atoms with E-state index < -0.39 is 5.97 Å². The minimum absolute atomic E-state index is 0.0474. The third kappa shape index (κ3) is 2.37. The van der Waals surface area contributed by atoms with Crippen molar-refractivity contribution in [2.24, 2.45) is 0 Å². The molecule has 94 valence electrons. The van der Waals surface area contributed by atoms with Gasteiger partial charge in [0.05, 0.1) is 7.11 Å². The molecule has 2 rings (SSSR count). The summed E-state index contributed by atoms with van der Waals surface area (Å²) in [5.41, 5.74) is 0. The minimum atomic E-state index is -0.547. The first kappa shape index (κ1) is 12.2. The number of aromatic nitrogens is 4. The fraction of sp³-hybridized carbons (Fsp3) is 0.333. The Bertz CT molecular complexity index is 551. The lowest BCUT2D eigenvalue weighted by Gasteiger charge is -2.06. The Labute approximate surface area is 105 Å². The molecule has 0 saturated heterocycles. The zero-order valence-corrected chi connectivity index (χ0v) is 10.3. The normalized spacial score (nSPS) is 10.3. The maximum atomic E-state index is 11.4. The standard InChI is InChI=1S/C12H14N4O2/c1-3-4-9-13-7-8-16(9)10-5-6-14-11(15-10)12(17)18-2/h5-8H,3-4H2,1-2H3. The maximum Gasteiger partial charge on any atom is 0.376 e. The molecule has 0 unspecified atom stereocenters. The predicted molar refractivity (Wildman–Crippen MR) is 64.5 cm³/mol. The smallest absolute Gasteiger partial charge is 0.376 e. The van der Waals surface area contributed by atoms with E-state index in [2.05, 4.69) is 26.6 Å². The second-order valence-electron chi connectivity index (χ2n) is 3.69. The van der Waals surface area contributed by atoms with Gasteiger partial charge in [-0.15, -0.1) is 0 Å². The van der Waals surface area contributed by atoms with Crippen LogP contribution < -0.4 is 0 Å². The Balaban J connectivity index is 2.38. The lowest BCUT2D eigenvalue weighted by atomic mass is 10.3. The monoisotopic (exact) mass is 246 g/mol. The zero-order chi connectivity index (χ0) is 13.0. The molecule has 0 N–H and O–H groups in total. The molecule has 0 amide bonds. The van der Waals surface area contributed by atoms with Gasteiger partial charge in [-0.05, 0) is 12.5 Å². The molecule has 0 fully saturated rings. The molecule has 2 aromatic rings. The summed E-state index contributed by atoms with van der Waals surface area (Å²) in [5.74, 6) is 1.03. The van der Waals surface area contributed by atoms with Crippen molar-refractivity contribution in [3.05, 3.63) is 36.3 Å². The second kappa shape index (κ2) is 5.39. The van der Waals surface area contributed by atoms with Gasteiger partial charge in [-0.3, -0.25) is 4.57 Å². The number of rotatable bonds is 4. The first-order chi connectivity index (χ1) is 8.76. The Morgan fingerprint density at radius 3 is 2.94 bits per heavy atom. The topological polar surface area (TPSA) is 69.9 Å². The summed E-state index contributed by atoms with van der Waals surface area (Å²) < 4.78 is 6.44. The highest BCUT2D eigenvalue weighted by Gasteiger charge is 2.11. The number of aryl methyl sites for hydroxylation is 1. The van der Waals surface area contributed by atoms with Crippen molar-refractivity contribution < 1.29 is 9.53 Å². The number of esters is 1. The predicted octanol–water partition coefficient (Wildman–Crippen LogP) is 1.40. The molecule has 0 saturated carbocycles. The Kier molecular flexibility index (Phi) is 3.66. The summed E-state index contributed by atoms with van der Waals surface area (Å²) in [6.45, 7) is 2.08. The van der Waals surface area contributed by atoms with Crippen LogP contribution in [0, 0.1) is 0 Å². The van der Waals surface area contributed by atoms with E-state index in [-0.39, 0.29) is 5.82 Å². The Hall–Kier alpha value is -2.24. The van der Waals surface area contributed by atoms with Crippen LogP contribution in [0.1, 0.15) is 29.8 Å². The van der Waals surface area contributed by atoms with Crippen LogP contribution in [0.25, 0.3) is 5.82 Å². The van der Waals surface area contributed by atoms with Crippen molar-refractivity contribution in [1.82, 2.24) is 19.5 Å². The molecule has 0 radical (unpaired) electrons.